The zero-order valence-corrected chi connectivity index (χ0v) is 21.5. The Morgan fingerprint density at radius 2 is 1.81 bits per heavy atom. The second-order valence-electron chi connectivity index (χ2n) is 9.62. The van der Waals surface area contributed by atoms with Crippen molar-refractivity contribution in [3.05, 3.63) is 72.3 Å². The van der Waals surface area contributed by atoms with Gasteiger partial charge in [-0.3, -0.25) is 0 Å². The van der Waals surface area contributed by atoms with Gasteiger partial charge in [0, 0.05) is 50.5 Å². The molecule has 3 aromatic rings. The van der Waals surface area contributed by atoms with Crippen molar-refractivity contribution in [3.63, 3.8) is 0 Å². The highest BCUT2D eigenvalue weighted by Gasteiger charge is 2.26. The summed E-state index contributed by atoms with van der Waals surface area (Å²) in [7, 11) is 1.77. The molecule has 1 N–H and O–H groups in total. The van der Waals surface area contributed by atoms with E-state index in [1.54, 1.807) is 13.3 Å². The van der Waals surface area contributed by atoms with Gasteiger partial charge in [-0.05, 0) is 61.6 Å². The molecule has 2 aliphatic rings. The van der Waals surface area contributed by atoms with Gasteiger partial charge in [-0.2, -0.15) is 0 Å². The molecular weight excluding hydrogens is 466 g/mol. The number of ether oxygens (including phenoxy) is 3. The Morgan fingerprint density at radius 1 is 1.08 bits per heavy atom. The summed E-state index contributed by atoms with van der Waals surface area (Å²) < 4.78 is 19.1. The van der Waals surface area contributed by atoms with E-state index in [9.17, 15) is 5.11 Å². The zero-order chi connectivity index (χ0) is 25.6. The van der Waals surface area contributed by atoms with Crippen LogP contribution in [0.25, 0.3) is 11.1 Å². The first-order valence-electron chi connectivity index (χ1n) is 13.0. The molecule has 5 rings (SSSR count). The SMILES string of the molecule is COC1CN(c2ccc(-c3ccc(C#C[C@@H](CO)n4ccnc4[C@H](C)OC4CCCCO4)cc3)cc2)C1. The minimum absolute atomic E-state index is 0.115. The van der Waals surface area contributed by atoms with Crippen LogP contribution in [0.2, 0.25) is 0 Å². The molecule has 2 aromatic carbocycles. The highest BCUT2D eigenvalue weighted by Crippen LogP contribution is 2.27. The summed E-state index contributed by atoms with van der Waals surface area (Å²) in [5.74, 6) is 7.16. The van der Waals surface area contributed by atoms with Crippen LogP contribution in [0.3, 0.4) is 0 Å². The van der Waals surface area contributed by atoms with Gasteiger partial charge < -0.3 is 28.8 Å². The standard InChI is InChI=1S/C30H35N3O4/c1-22(37-29-5-3-4-18-36-29)30-31-16-17-33(30)27(21-34)13-8-23-6-9-24(10-7-23)25-11-14-26(15-12-25)32-19-28(20-32)35-2/h6-7,9-12,14-17,22,27-29,34H,3-5,18-21H2,1-2H3/t22-,27-,29?/m0/s1. The third kappa shape index (κ3) is 6.06. The quantitative estimate of drug-likeness (QED) is 0.456. The Balaban J connectivity index is 1.23. The van der Waals surface area contributed by atoms with Crippen LogP contribution in [-0.4, -0.2) is 60.5 Å². The lowest BCUT2D eigenvalue weighted by Gasteiger charge is -2.40. The Morgan fingerprint density at radius 3 is 2.46 bits per heavy atom. The lowest BCUT2D eigenvalue weighted by molar-refractivity contribution is -0.188. The van der Waals surface area contributed by atoms with E-state index in [0.29, 0.717) is 6.10 Å². The lowest BCUT2D eigenvalue weighted by Crippen LogP contribution is -2.51. The fourth-order valence-electron chi connectivity index (χ4n) is 4.79. The number of hydrogen-bond donors (Lipinski definition) is 1. The fourth-order valence-corrected chi connectivity index (χ4v) is 4.79. The number of aliphatic hydroxyl groups excluding tert-OH is 1. The molecule has 1 aromatic heterocycles. The molecule has 0 spiro atoms. The van der Waals surface area contributed by atoms with Crippen LogP contribution in [0, 0.1) is 11.8 Å². The van der Waals surface area contributed by atoms with Crippen LogP contribution >= 0.6 is 0 Å². The van der Waals surface area contributed by atoms with Crippen molar-refractivity contribution in [2.45, 2.75) is 50.7 Å². The Bertz CT molecular complexity index is 1200. The van der Waals surface area contributed by atoms with Gasteiger partial charge in [0.25, 0.3) is 0 Å². The second-order valence-corrected chi connectivity index (χ2v) is 9.62. The topological polar surface area (TPSA) is 69.0 Å². The van der Waals surface area contributed by atoms with Gasteiger partial charge in [0.15, 0.2) is 6.29 Å². The number of nitrogens with zero attached hydrogens (tertiary/aromatic N) is 3. The maximum atomic E-state index is 10.1. The van der Waals surface area contributed by atoms with E-state index >= 15 is 0 Å². The second kappa shape index (κ2) is 11.9. The first-order chi connectivity index (χ1) is 18.1. The van der Waals surface area contributed by atoms with Crippen LogP contribution in [0.1, 0.15) is 49.7 Å². The highest BCUT2D eigenvalue weighted by atomic mass is 16.7. The minimum Gasteiger partial charge on any atom is -0.393 e. The average Bonchev–Trinajstić information content (AvgIpc) is 3.40. The largest absolute Gasteiger partial charge is 0.393 e. The molecule has 2 aliphatic heterocycles. The number of benzene rings is 2. The molecule has 0 radical (unpaired) electrons. The van der Waals surface area contributed by atoms with E-state index in [1.807, 2.05) is 29.8 Å². The predicted molar refractivity (Wildman–Crippen MR) is 143 cm³/mol. The van der Waals surface area contributed by atoms with Gasteiger partial charge in [0.05, 0.1) is 12.7 Å². The number of hydrogen-bond acceptors (Lipinski definition) is 6. The number of rotatable bonds is 8. The average molecular weight is 502 g/mol. The molecule has 3 atom stereocenters. The summed E-state index contributed by atoms with van der Waals surface area (Å²) in [6.07, 6.45) is 6.51. The maximum absolute atomic E-state index is 10.1. The lowest BCUT2D eigenvalue weighted by atomic mass is 10.0. The van der Waals surface area contributed by atoms with Crippen LogP contribution in [0.4, 0.5) is 5.69 Å². The van der Waals surface area contributed by atoms with E-state index in [1.165, 1.54) is 11.3 Å². The molecule has 7 nitrogen and oxygen atoms in total. The first-order valence-corrected chi connectivity index (χ1v) is 13.0. The molecular formula is C30H35N3O4. The summed E-state index contributed by atoms with van der Waals surface area (Å²) >= 11 is 0. The third-order valence-corrected chi connectivity index (χ3v) is 7.08. The minimum atomic E-state index is -0.415. The predicted octanol–water partition coefficient (Wildman–Crippen LogP) is 4.57. The van der Waals surface area contributed by atoms with Crippen LogP contribution < -0.4 is 4.90 Å². The molecule has 7 heteroatoms. The van der Waals surface area contributed by atoms with Crippen LogP contribution in [-0.2, 0) is 14.2 Å². The van der Waals surface area contributed by atoms with Gasteiger partial charge in [-0.1, -0.05) is 36.1 Å². The molecule has 1 unspecified atom stereocenters. The maximum Gasteiger partial charge on any atom is 0.158 e. The molecule has 0 bridgehead atoms. The van der Waals surface area contributed by atoms with Crippen LogP contribution in [0.15, 0.2) is 60.9 Å². The van der Waals surface area contributed by atoms with E-state index in [4.69, 9.17) is 14.2 Å². The van der Waals surface area contributed by atoms with E-state index in [2.05, 4.69) is 58.1 Å². The highest BCUT2D eigenvalue weighted by molar-refractivity contribution is 5.67. The first kappa shape index (κ1) is 25.5. The number of anilines is 1. The van der Waals surface area contributed by atoms with Crippen molar-refractivity contribution >= 4 is 5.69 Å². The van der Waals surface area contributed by atoms with Crippen molar-refractivity contribution in [2.75, 3.05) is 38.3 Å². The Kier molecular flexibility index (Phi) is 8.22. The van der Waals surface area contributed by atoms with Crippen molar-refractivity contribution in [1.82, 2.24) is 9.55 Å². The summed E-state index contributed by atoms with van der Waals surface area (Å²) in [5.41, 5.74) is 4.42. The molecule has 0 aliphatic carbocycles. The molecule has 0 saturated carbocycles. The van der Waals surface area contributed by atoms with Crippen LogP contribution in [0.5, 0.6) is 0 Å². The van der Waals surface area contributed by atoms with Crippen molar-refractivity contribution in [2.24, 2.45) is 0 Å². The molecule has 3 heterocycles. The van der Waals surface area contributed by atoms with Crippen molar-refractivity contribution in [3.8, 4) is 23.0 Å². The molecule has 2 saturated heterocycles. The number of aliphatic hydroxyl groups is 1. The van der Waals surface area contributed by atoms with Crippen molar-refractivity contribution in [1.29, 1.82) is 0 Å². The normalized spacial score (nSPS) is 19.5. The molecule has 2 fully saturated rings. The van der Waals surface area contributed by atoms with Gasteiger partial charge in [-0.15, -0.1) is 0 Å². The third-order valence-electron chi connectivity index (χ3n) is 7.08. The molecule has 0 amide bonds. The van der Waals surface area contributed by atoms with Gasteiger partial charge >= 0.3 is 0 Å². The number of imidazole rings is 1. The summed E-state index contributed by atoms with van der Waals surface area (Å²) in [5, 5.41) is 10.1. The monoisotopic (exact) mass is 501 g/mol. The summed E-state index contributed by atoms with van der Waals surface area (Å²) in [6, 6.07) is 16.4. The van der Waals surface area contributed by atoms with E-state index in [-0.39, 0.29) is 19.0 Å². The Labute approximate surface area is 219 Å². The zero-order valence-electron chi connectivity index (χ0n) is 21.5. The summed E-state index contributed by atoms with van der Waals surface area (Å²) in [4.78, 5) is 6.80. The van der Waals surface area contributed by atoms with Gasteiger partial charge in [0.2, 0.25) is 0 Å². The van der Waals surface area contributed by atoms with E-state index < -0.39 is 6.04 Å². The number of methoxy groups -OCH3 is 1. The number of aromatic nitrogens is 2. The van der Waals surface area contributed by atoms with Gasteiger partial charge in [-0.25, -0.2) is 4.98 Å². The Hall–Kier alpha value is -3.15. The smallest absolute Gasteiger partial charge is 0.158 e. The summed E-state index contributed by atoms with van der Waals surface area (Å²) in [6.45, 7) is 4.47. The fraction of sp³-hybridized carbons (Fsp3) is 0.433. The van der Waals surface area contributed by atoms with E-state index in [0.717, 1.165) is 55.9 Å². The van der Waals surface area contributed by atoms with Crippen molar-refractivity contribution < 1.29 is 19.3 Å². The van der Waals surface area contributed by atoms with Gasteiger partial charge in [0.1, 0.15) is 18.0 Å². The molecule has 194 valence electrons. The molecule has 37 heavy (non-hydrogen) atoms.